The number of benzene rings is 1. The van der Waals surface area contributed by atoms with E-state index >= 15 is 0 Å². The van der Waals surface area contributed by atoms with E-state index in [0.717, 1.165) is 54.4 Å². The Morgan fingerprint density at radius 3 is 2.84 bits per heavy atom. The molecule has 4 heterocycles. The largest absolute Gasteiger partial charge is 0.313 e. The first-order chi connectivity index (χ1) is 15.4. The van der Waals surface area contributed by atoms with E-state index in [9.17, 15) is 8.42 Å². The molecule has 1 saturated carbocycles. The molecule has 0 atom stereocenters. The molecule has 6 rings (SSSR count). The second-order valence-electron chi connectivity index (χ2n) is 8.56. The van der Waals surface area contributed by atoms with E-state index in [1.54, 1.807) is 28.4 Å². The first kappa shape index (κ1) is 19.9. The predicted octanol–water partition coefficient (Wildman–Crippen LogP) is 2.61. The van der Waals surface area contributed by atoms with Crippen molar-refractivity contribution in [1.82, 2.24) is 34.8 Å². The second kappa shape index (κ2) is 7.14. The van der Waals surface area contributed by atoms with Gasteiger partial charge in [-0.2, -0.15) is 5.10 Å². The van der Waals surface area contributed by atoms with E-state index in [4.69, 9.17) is 5.10 Å². The van der Waals surface area contributed by atoms with Crippen LogP contribution in [0.25, 0.3) is 32.8 Å². The lowest BCUT2D eigenvalue weighted by Crippen LogP contribution is -2.34. The third-order valence-electron chi connectivity index (χ3n) is 6.03. The van der Waals surface area contributed by atoms with Gasteiger partial charge < -0.3 is 5.32 Å². The molecule has 2 aliphatic rings. The summed E-state index contributed by atoms with van der Waals surface area (Å²) in [6.07, 6.45) is 6.35. The third-order valence-corrected chi connectivity index (χ3v) is 8.36. The van der Waals surface area contributed by atoms with Gasteiger partial charge in [-0.1, -0.05) is 17.4 Å². The van der Waals surface area contributed by atoms with Crippen LogP contribution >= 0.6 is 11.3 Å². The van der Waals surface area contributed by atoms with Crippen molar-refractivity contribution >= 4 is 43.5 Å². The van der Waals surface area contributed by atoms with Crippen LogP contribution in [0.1, 0.15) is 31.7 Å². The van der Waals surface area contributed by atoms with Crippen LogP contribution in [0.15, 0.2) is 40.9 Å². The molecule has 1 aliphatic carbocycles. The van der Waals surface area contributed by atoms with E-state index in [0.29, 0.717) is 16.3 Å². The summed E-state index contributed by atoms with van der Waals surface area (Å²) >= 11 is 1.41. The quantitative estimate of drug-likeness (QED) is 0.464. The van der Waals surface area contributed by atoms with Gasteiger partial charge in [0.1, 0.15) is 11.2 Å². The number of nitrogens with zero attached hydrogens (tertiary/aromatic N) is 5. The molecule has 1 aromatic carbocycles. The van der Waals surface area contributed by atoms with Gasteiger partial charge in [0.25, 0.3) is 0 Å². The number of sulfonamides is 1. The zero-order chi connectivity index (χ0) is 21.9. The van der Waals surface area contributed by atoms with Crippen LogP contribution in [0, 0.1) is 0 Å². The summed E-state index contributed by atoms with van der Waals surface area (Å²) < 4.78 is 31.0. The molecular weight excluding hydrogens is 446 g/mol. The molecule has 0 saturated heterocycles. The van der Waals surface area contributed by atoms with Crippen LogP contribution in [-0.2, 0) is 10.0 Å². The Bertz CT molecular complexity index is 1490. The van der Waals surface area contributed by atoms with Crippen molar-refractivity contribution in [2.75, 3.05) is 13.1 Å². The molecule has 164 valence electrons. The Hall–Kier alpha value is -2.73. The fraction of sp³-hybridized carbons (Fsp3) is 0.333. The van der Waals surface area contributed by atoms with Crippen LogP contribution in [0.4, 0.5) is 0 Å². The number of rotatable bonds is 5. The highest BCUT2D eigenvalue weighted by Gasteiger charge is 2.41. The molecule has 32 heavy (non-hydrogen) atoms. The smallest absolute Gasteiger partial charge is 0.241 e. The first-order valence-corrected chi connectivity index (χ1v) is 12.8. The van der Waals surface area contributed by atoms with E-state index in [1.165, 1.54) is 11.3 Å². The first-order valence-electron chi connectivity index (χ1n) is 10.5. The summed E-state index contributed by atoms with van der Waals surface area (Å²) in [4.78, 5) is 4.80. The maximum Gasteiger partial charge on any atom is 0.241 e. The summed E-state index contributed by atoms with van der Waals surface area (Å²) in [7, 11) is -3.66. The molecule has 0 radical (unpaired) electrons. The van der Waals surface area contributed by atoms with Crippen molar-refractivity contribution in [2.45, 2.75) is 36.6 Å². The maximum absolute atomic E-state index is 13.2. The van der Waals surface area contributed by atoms with Gasteiger partial charge in [-0.05, 0) is 50.4 Å². The number of nitrogens with one attached hydrogen (secondary N) is 2. The summed E-state index contributed by atoms with van der Waals surface area (Å²) in [5.41, 5.74) is 5.50. The zero-order valence-corrected chi connectivity index (χ0v) is 19.0. The fourth-order valence-electron chi connectivity index (χ4n) is 4.06. The van der Waals surface area contributed by atoms with Gasteiger partial charge in [-0.25, -0.2) is 22.6 Å². The fourth-order valence-corrected chi connectivity index (χ4v) is 6.09. The SMILES string of the molecule is CC1(NS(=O)(=O)c2cc(C3=CCNCC3)c3c(cnc4cc(-c5nncs5)nn43)c2)CC1. The van der Waals surface area contributed by atoms with Crippen LogP contribution in [0.5, 0.6) is 0 Å². The lowest BCUT2D eigenvalue weighted by molar-refractivity contribution is 0.558. The van der Waals surface area contributed by atoms with Crippen molar-refractivity contribution < 1.29 is 8.42 Å². The Balaban J connectivity index is 1.60. The summed E-state index contributed by atoms with van der Waals surface area (Å²) in [6, 6.07) is 5.34. The van der Waals surface area contributed by atoms with Gasteiger partial charge in [-0.15, -0.1) is 10.2 Å². The Labute approximate surface area is 188 Å². The molecule has 2 N–H and O–H groups in total. The lowest BCUT2D eigenvalue weighted by Gasteiger charge is -2.19. The number of fused-ring (bicyclic) bond motifs is 3. The van der Waals surface area contributed by atoms with Gasteiger partial charge in [-0.3, -0.25) is 0 Å². The average Bonchev–Trinajstić information content (AvgIpc) is 3.20. The van der Waals surface area contributed by atoms with Gasteiger partial charge >= 0.3 is 0 Å². The average molecular weight is 468 g/mol. The Morgan fingerprint density at radius 1 is 1.25 bits per heavy atom. The second-order valence-corrected chi connectivity index (χ2v) is 11.1. The van der Waals surface area contributed by atoms with Crippen molar-refractivity contribution in [2.24, 2.45) is 0 Å². The molecule has 1 aliphatic heterocycles. The van der Waals surface area contributed by atoms with Crippen LogP contribution < -0.4 is 10.0 Å². The van der Waals surface area contributed by atoms with Crippen molar-refractivity contribution in [3.05, 3.63) is 41.5 Å². The maximum atomic E-state index is 13.2. The topological polar surface area (TPSA) is 114 Å². The minimum absolute atomic E-state index is 0.255. The Kier molecular flexibility index (Phi) is 4.44. The summed E-state index contributed by atoms with van der Waals surface area (Å²) in [5, 5.41) is 17.5. The van der Waals surface area contributed by atoms with Crippen LogP contribution in [-0.4, -0.2) is 51.8 Å². The third kappa shape index (κ3) is 3.41. The van der Waals surface area contributed by atoms with Crippen LogP contribution in [0.2, 0.25) is 0 Å². The van der Waals surface area contributed by atoms with Crippen molar-refractivity contribution in [3.63, 3.8) is 0 Å². The number of hydrogen-bond acceptors (Lipinski definition) is 8. The number of aromatic nitrogens is 5. The Morgan fingerprint density at radius 2 is 2.12 bits per heavy atom. The van der Waals surface area contributed by atoms with Gasteiger partial charge in [0.05, 0.1) is 10.4 Å². The minimum Gasteiger partial charge on any atom is -0.313 e. The van der Waals surface area contributed by atoms with Crippen molar-refractivity contribution in [3.8, 4) is 10.7 Å². The van der Waals surface area contributed by atoms with E-state index in [1.807, 2.05) is 13.0 Å². The van der Waals surface area contributed by atoms with Gasteiger partial charge in [0.2, 0.25) is 10.0 Å². The van der Waals surface area contributed by atoms with Gasteiger partial charge in [0, 0.05) is 35.3 Å². The molecule has 0 bridgehead atoms. The molecule has 0 amide bonds. The molecule has 4 aromatic rings. The van der Waals surface area contributed by atoms with Crippen molar-refractivity contribution in [1.29, 1.82) is 0 Å². The molecule has 3 aromatic heterocycles. The normalized spacial score (nSPS) is 18.2. The lowest BCUT2D eigenvalue weighted by atomic mass is 9.98. The molecule has 0 spiro atoms. The highest BCUT2D eigenvalue weighted by Crippen LogP contribution is 2.37. The highest BCUT2D eigenvalue weighted by molar-refractivity contribution is 7.89. The number of hydrogen-bond donors (Lipinski definition) is 2. The molecule has 0 unspecified atom stereocenters. The molecular formula is C21H21N7O2S2. The van der Waals surface area contributed by atoms with E-state index in [2.05, 4.69) is 31.3 Å². The standard InChI is InChI=1S/C21H21N7O2S2/c1-21(4-5-21)27-32(29,30)15-8-14-11-23-18-10-17(20-25-24-12-31-20)26-28(18)19(14)16(9-15)13-2-6-22-7-3-13/h2,8-12,22,27H,3-7H2,1H3. The predicted molar refractivity (Wildman–Crippen MR) is 123 cm³/mol. The summed E-state index contributed by atoms with van der Waals surface area (Å²) in [5.74, 6) is 0. The molecule has 1 fully saturated rings. The van der Waals surface area contributed by atoms with Gasteiger partial charge in [0.15, 0.2) is 10.7 Å². The highest BCUT2D eigenvalue weighted by atomic mass is 32.2. The zero-order valence-electron chi connectivity index (χ0n) is 17.4. The molecule has 9 nitrogen and oxygen atoms in total. The van der Waals surface area contributed by atoms with Crippen LogP contribution in [0.3, 0.4) is 0 Å². The van der Waals surface area contributed by atoms with E-state index in [-0.39, 0.29) is 10.4 Å². The monoisotopic (exact) mass is 467 g/mol. The van der Waals surface area contributed by atoms with E-state index < -0.39 is 10.0 Å². The molecule has 11 heteroatoms. The minimum atomic E-state index is -3.66. The summed E-state index contributed by atoms with van der Waals surface area (Å²) in [6.45, 7) is 3.52.